The van der Waals surface area contributed by atoms with E-state index < -0.39 is 11.4 Å². The van der Waals surface area contributed by atoms with Crippen molar-refractivity contribution in [1.29, 1.82) is 0 Å². The molecule has 2 aromatic rings. The number of aromatic carboxylic acids is 1. The summed E-state index contributed by atoms with van der Waals surface area (Å²) < 4.78 is 10.6. The first kappa shape index (κ1) is 15.8. The Morgan fingerprint density at radius 2 is 1.77 bits per heavy atom. The Balaban J connectivity index is 2.63. The van der Waals surface area contributed by atoms with Crippen molar-refractivity contribution < 1.29 is 19.4 Å². The largest absolute Gasteiger partial charge is 0.545 e. The van der Waals surface area contributed by atoms with Gasteiger partial charge in [-0.05, 0) is 19.1 Å². The molecule has 0 heterocycles. The maximum atomic E-state index is 11.4. The van der Waals surface area contributed by atoms with E-state index in [4.69, 9.17) is 9.47 Å². The predicted molar refractivity (Wildman–Crippen MR) is 82.1 cm³/mol. The van der Waals surface area contributed by atoms with E-state index in [0.29, 0.717) is 17.1 Å². The Hall–Kier alpha value is -2.62. The molecule has 0 aliphatic rings. The average molecular weight is 298 g/mol. The number of carboxylic acid groups (broad SMARTS) is 1. The maximum absolute atomic E-state index is 11.4. The molecule has 0 N–H and O–H groups in total. The Morgan fingerprint density at radius 3 is 2.36 bits per heavy atom. The van der Waals surface area contributed by atoms with Crippen LogP contribution in [0, 0.1) is 6.92 Å². The summed E-state index contributed by atoms with van der Waals surface area (Å²) in [6.07, 6.45) is 0. The lowest BCUT2D eigenvalue weighted by molar-refractivity contribution is -0.255. The Bertz CT molecular complexity index is 689. The molecule has 1 atom stereocenters. The van der Waals surface area contributed by atoms with Gasteiger partial charge >= 0.3 is 0 Å². The van der Waals surface area contributed by atoms with Crippen molar-refractivity contribution in [3.63, 3.8) is 0 Å². The van der Waals surface area contributed by atoms with E-state index in [1.165, 1.54) is 6.07 Å². The molecule has 0 bridgehead atoms. The molecule has 2 aromatic carbocycles. The average Bonchev–Trinajstić information content (AvgIpc) is 2.54. The molecule has 0 saturated carbocycles. The second kappa shape index (κ2) is 6.02. The Labute approximate surface area is 130 Å². The van der Waals surface area contributed by atoms with Gasteiger partial charge in [0.25, 0.3) is 0 Å². The van der Waals surface area contributed by atoms with Crippen LogP contribution in [-0.2, 0) is 5.41 Å². The number of rotatable bonds is 5. The summed E-state index contributed by atoms with van der Waals surface area (Å²) in [6, 6.07) is 12.1. The highest BCUT2D eigenvalue weighted by atomic mass is 16.5. The van der Waals surface area contributed by atoms with Crippen molar-refractivity contribution in [1.82, 2.24) is 0 Å². The highest BCUT2D eigenvalue weighted by molar-refractivity contribution is 5.88. The molecule has 4 heteroatoms. The second-order valence-electron chi connectivity index (χ2n) is 5.23. The van der Waals surface area contributed by atoms with Gasteiger partial charge in [0.15, 0.2) is 5.41 Å². The third-order valence-electron chi connectivity index (χ3n) is 3.74. The van der Waals surface area contributed by atoms with Crippen molar-refractivity contribution in [2.45, 2.75) is 12.3 Å². The quantitative estimate of drug-likeness (QED) is 0.794. The molecule has 2 rings (SSSR count). The Morgan fingerprint density at radius 1 is 1.09 bits per heavy atom. The van der Waals surface area contributed by atoms with Crippen molar-refractivity contribution in [2.75, 3.05) is 14.2 Å². The van der Waals surface area contributed by atoms with Crippen molar-refractivity contribution in [3.05, 3.63) is 66.1 Å². The molecule has 0 aliphatic carbocycles. The topological polar surface area (TPSA) is 58.6 Å². The van der Waals surface area contributed by atoms with Crippen LogP contribution in [-0.4, -0.2) is 20.2 Å². The summed E-state index contributed by atoms with van der Waals surface area (Å²) in [5, 5.41) is 11.4. The third kappa shape index (κ3) is 2.72. The van der Waals surface area contributed by atoms with E-state index in [0.717, 1.165) is 5.56 Å². The smallest absolute Gasteiger partial charge is 0.157 e. The zero-order valence-electron chi connectivity index (χ0n) is 12.9. The van der Waals surface area contributed by atoms with E-state index in [1.807, 2.05) is 13.0 Å². The molecular formula is C18H18O4. The van der Waals surface area contributed by atoms with Crippen LogP contribution in [0.4, 0.5) is 0 Å². The molecule has 0 saturated heterocycles. The first-order chi connectivity index (χ1) is 10.4. The number of benzene rings is 2. The normalized spacial score (nSPS) is 13.2. The molecule has 4 nitrogen and oxygen atoms in total. The molecule has 22 heavy (non-hydrogen) atoms. The van der Waals surface area contributed by atoms with Crippen molar-refractivity contribution in [3.8, 4) is 11.5 Å². The molecular weight excluding hydrogens is 280 g/mol. The van der Waals surface area contributed by atoms with Gasteiger partial charge in [-0.1, -0.05) is 24.3 Å². The summed E-state index contributed by atoms with van der Waals surface area (Å²) in [6.45, 7) is 6.05. The zero-order valence-corrected chi connectivity index (χ0v) is 12.9. The van der Waals surface area contributed by atoms with Gasteiger partial charge in [0.05, 0.1) is 27.1 Å². The van der Waals surface area contributed by atoms with E-state index in [9.17, 15) is 9.90 Å². The molecule has 0 radical (unpaired) electrons. The lowest BCUT2D eigenvalue weighted by atomic mass is 9.75. The molecule has 0 amide bonds. The summed E-state index contributed by atoms with van der Waals surface area (Å²) in [5.74, 6) is 0.0209. The standard InChI is InChI=1S/C18H18O4/c1-18(2,14-8-6-5-7-13(14)17(19)20)15-10-9-12(21-3)11-16(15)22-4/h5-11H,1H2,2-4H3. The van der Waals surface area contributed by atoms with Crippen LogP contribution in [0.3, 0.4) is 0 Å². The predicted octanol–water partition coefficient (Wildman–Crippen LogP) is 2.21. The minimum absolute atomic E-state index is 0.123. The fourth-order valence-electron chi connectivity index (χ4n) is 2.54. The summed E-state index contributed by atoms with van der Waals surface area (Å²) in [7, 11) is 3.13. The fourth-order valence-corrected chi connectivity index (χ4v) is 2.54. The molecule has 0 spiro atoms. The van der Waals surface area contributed by atoms with Crippen LogP contribution >= 0.6 is 0 Å². The number of hydrogen-bond acceptors (Lipinski definition) is 4. The number of ether oxygens (including phenoxy) is 2. The minimum Gasteiger partial charge on any atom is -0.545 e. The van der Waals surface area contributed by atoms with E-state index >= 15 is 0 Å². The van der Waals surface area contributed by atoms with E-state index in [2.05, 4.69) is 6.92 Å². The first-order valence-electron chi connectivity index (χ1n) is 6.80. The number of carboxylic acids is 1. The molecule has 114 valence electrons. The van der Waals surface area contributed by atoms with Crippen LogP contribution < -0.4 is 14.6 Å². The summed E-state index contributed by atoms with van der Waals surface area (Å²) in [4.78, 5) is 11.4. The molecule has 1 unspecified atom stereocenters. The van der Waals surface area contributed by atoms with E-state index in [1.54, 1.807) is 44.6 Å². The van der Waals surface area contributed by atoms with Gasteiger partial charge in [0.1, 0.15) is 11.5 Å². The van der Waals surface area contributed by atoms with Crippen molar-refractivity contribution >= 4 is 5.97 Å². The number of carbonyl (C=O) groups excluding carboxylic acids is 1. The van der Waals surface area contributed by atoms with Crippen LogP contribution in [0.1, 0.15) is 28.4 Å². The van der Waals surface area contributed by atoms with Crippen LogP contribution in [0.5, 0.6) is 11.5 Å². The van der Waals surface area contributed by atoms with Gasteiger partial charge < -0.3 is 19.4 Å². The third-order valence-corrected chi connectivity index (χ3v) is 3.74. The highest BCUT2D eigenvalue weighted by Crippen LogP contribution is 2.39. The SMILES string of the molecule is [CH2+]C(C)(c1ccc(OC)cc1OC)c1ccccc1C(=O)[O-]. The lowest BCUT2D eigenvalue weighted by Gasteiger charge is -2.24. The van der Waals surface area contributed by atoms with Gasteiger partial charge in [-0.15, -0.1) is 0 Å². The minimum atomic E-state index is -1.22. The number of hydrogen-bond donors (Lipinski definition) is 0. The number of methoxy groups -OCH3 is 2. The van der Waals surface area contributed by atoms with Gasteiger partial charge in [-0.3, -0.25) is 0 Å². The monoisotopic (exact) mass is 298 g/mol. The second-order valence-corrected chi connectivity index (χ2v) is 5.23. The summed E-state index contributed by atoms with van der Waals surface area (Å²) in [5.41, 5.74) is 0.648. The van der Waals surface area contributed by atoms with Crippen LogP contribution in [0.25, 0.3) is 0 Å². The Kier molecular flexibility index (Phi) is 4.31. The van der Waals surface area contributed by atoms with Gasteiger partial charge in [0.2, 0.25) is 0 Å². The van der Waals surface area contributed by atoms with Crippen LogP contribution in [0.15, 0.2) is 42.5 Å². The first-order valence-corrected chi connectivity index (χ1v) is 6.80. The summed E-state index contributed by atoms with van der Waals surface area (Å²) >= 11 is 0. The van der Waals surface area contributed by atoms with E-state index in [-0.39, 0.29) is 5.56 Å². The zero-order chi connectivity index (χ0) is 16.3. The van der Waals surface area contributed by atoms with Crippen molar-refractivity contribution in [2.24, 2.45) is 0 Å². The van der Waals surface area contributed by atoms with Gasteiger partial charge in [-0.25, -0.2) is 0 Å². The number of carbonyl (C=O) groups is 1. The fraction of sp³-hybridized carbons (Fsp3) is 0.222. The van der Waals surface area contributed by atoms with Crippen LogP contribution in [0.2, 0.25) is 0 Å². The highest BCUT2D eigenvalue weighted by Gasteiger charge is 2.36. The molecule has 0 fully saturated rings. The maximum Gasteiger partial charge on any atom is 0.157 e. The molecule has 0 aliphatic heterocycles. The van der Waals surface area contributed by atoms with Gasteiger partial charge in [0, 0.05) is 22.8 Å². The van der Waals surface area contributed by atoms with Gasteiger partial charge in [-0.2, -0.15) is 0 Å². The lowest BCUT2D eigenvalue weighted by Crippen LogP contribution is -2.29. The molecule has 0 aromatic heterocycles.